The van der Waals surface area contributed by atoms with Gasteiger partial charge in [-0.2, -0.15) is 0 Å². The van der Waals surface area contributed by atoms with Crippen molar-refractivity contribution in [2.75, 3.05) is 11.1 Å². The number of primary sulfonamides is 1. The Morgan fingerprint density at radius 3 is 2.58 bits per heavy atom. The number of anilines is 2. The molecule has 1 aromatic carbocycles. The van der Waals surface area contributed by atoms with Crippen molar-refractivity contribution in [1.29, 1.82) is 0 Å². The van der Waals surface area contributed by atoms with Gasteiger partial charge in [0.25, 0.3) is 0 Å². The number of benzene rings is 1. The van der Waals surface area contributed by atoms with Gasteiger partial charge in [0.05, 0.1) is 16.3 Å². The summed E-state index contributed by atoms with van der Waals surface area (Å²) >= 11 is 0. The van der Waals surface area contributed by atoms with Crippen molar-refractivity contribution in [2.24, 2.45) is 11.1 Å². The first-order valence-electron chi connectivity index (χ1n) is 6.59. The molecule has 1 atom stereocenters. The van der Waals surface area contributed by atoms with Gasteiger partial charge in [0.2, 0.25) is 10.0 Å². The van der Waals surface area contributed by atoms with Crippen LogP contribution in [0.25, 0.3) is 0 Å². The number of rotatable bonds is 6. The predicted molar refractivity (Wildman–Crippen MR) is 77.3 cm³/mol. The topological polar surface area (TPSA) is 98.2 Å². The zero-order chi connectivity index (χ0) is 14.0. The first kappa shape index (κ1) is 14.1. The predicted octanol–water partition coefficient (Wildman–Crippen LogP) is 1.91. The molecule has 0 radical (unpaired) electrons. The van der Waals surface area contributed by atoms with Crippen LogP contribution in [0.4, 0.5) is 11.4 Å². The molecule has 0 aromatic heterocycles. The van der Waals surface area contributed by atoms with Crippen LogP contribution in [0.15, 0.2) is 23.1 Å². The fraction of sp³-hybridized carbons (Fsp3) is 0.538. The molecule has 0 bridgehead atoms. The summed E-state index contributed by atoms with van der Waals surface area (Å²) in [4.78, 5) is 0.0470. The van der Waals surface area contributed by atoms with Gasteiger partial charge in [0.1, 0.15) is 0 Å². The molecule has 1 fully saturated rings. The Hall–Kier alpha value is -1.27. The van der Waals surface area contributed by atoms with Gasteiger partial charge in [-0.25, -0.2) is 13.6 Å². The lowest BCUT2D eigenvalue weighted by molar-refractivity contribution is 0.587. The lowest BCUT2D eigenvalue weighted by Crippen LogP contribution is -2.20. The second kappa shape index (κ2) is 5.38. The third-order valence-electron chi connectivity index (χ3n) is 3.52. The monoisotopic (exact) mass is 283 g/mol. The maximum absolute atomic E-state index is 11.2. The number of hydrogen-bond acceptors (Lipinski definition) is 4. The average molecular weight is 283 g/mol. The Bertz CT molecular complexity index is 553. The molecular formula is C13H21N3O2S. The lowest BCUT2D eigenvalue weighted by atomic mass is 10.1. The van der Waals surface area contributed by atoms with Crippen LogP contribution in [0.1, 0.15) is 32.6 Å². The van der Waals surface area contributed by atoms with Crippen LogP contribution in [0.3, 0.4) is 0 Å². The average Bonchev–Trinajstić information content (AvgIpc) is 3.13. The van der Waals surface area contributed by atoms with E-state index < -0.39 is 10.0 Å². The van der Waals surface area contributed by atoms with Crippen LogP contribution in [0.5, 0.6) is 0 Å². The molecule has 1 aliphatic carbocycles. The first-order valence-corrected chi connectivity index (χ1v) is 8.13. The van der Waals surface area contributed by atoms with Crippen molar-refractivity contribution >= 4 is 21.4 Å². The van der Waals surface area contributed by atoms with Crippen LogP contribution in [-0.4, -0.2) is 14.5 Å². The smallest absolute Gasteiger partial charge is 0.238 e. The summed E-state index contributed by atoms with van der Waals surface area (Å²) in [5.41, 5.74) is 7.08. The molecular weight excluding hydrogens is 262 g/mol. The fourth-order valence-electron chi connectivity index (χ4n) is 2.15. The molecule has 1 saturated carbocycles. The number of nitrogens with one attached hydrogen (secondary N) is 1. The van der Waals surface area contributed by atoms with E-state index in [2.05, 4.69) is 12.2 Å². The maximum atomic E-state index is 11.2. The number of nitrogen functional groups attached to an aromatic ring is 1. The van der Waals surface area contributed by atoms with Gasteiger partial charge in [-0.15, -0.1) is 0 Å². The van der Waals surface area contributed by atoms with Gasteiger partial charge in [-0.05, 0) is 37.0 Å². The largest absolute Gasteiger partial charge is 0.397 e. The highest BCUT2D eigenvalue weighted by molar-refractivity contribution is 7.89. The van der Waals surface area contributed by atoms with Crippen LogP contribution in [0.2, 0.25) is 0 Å². The SMILES string of the molecule is CCC(CC1CC1)Nc1ccc(S(N)(=O)=O)cc1N. The molecule has 5 nitrogen and oxygen atoms in total. The number of sulfonamides is 1. The summed E-state index contributed by atoms with van der Waals surface area (Å²) < 4.78 is 22.5. The standard InChI is InChI=1S/C13H21N3O2S/c1-2-10(7-9-3-4-9)16-13-6-5-11(8-12(13)14)19(15,17)18/h5-6,8-10,16H,2-4,7,14H2,1H3,(H2,15,17,18). The van der Waals surface area contributed by atoms with Gasteiger partial charge in [-0.3, -0.25) is 0 Å². The van der Waals surface area contributed by atoms with E-state index in [0.717, 1.165) is 24.4 Å². The highest BCUT2D eigenvalue weighted by atomic mass is 32.2. The van der Waals surface area contributed by atoms with E-state index in [-0.39, 0.29) is 4.90 Å². The van der Waals surface area contributed by atoms with Gasteiger partial charge in [0, 0.05) is 6.04 Å². The van der Waals surface area contributed by atoms with E-state index in [4.69, 9.17) is 10.9 Å². The Morgan fingerprint density at radius 2 is 2.11 bits per heavy atom. The molecule has 5 N–H and O–H groups in total. The summed E-state index contributed by atoms with van der Waals surface area (Å²) in [6.45, 7) is 2.13. The van der Waals surface area contributed by atoms with Gasteiger partial charge < -0.3 is 11.1 Å². The van der Waals surface area contributed by atoms with E-state index in [9.17, 15) is 8.42 Å². The van der Waals surface area contributed by atoms with Gasteiger partial charge in [-0.1, -0.05) is 19.8 Å². The Kier molecular flexibility index (Phi) is 4.01. The Balaban J connectivity index is 2.11. The van der Waals surface area contributed by atoms with E-state index in [1.165, 1.54) is 25.0 Å². The minimum absolute atomic E-state index is 0.0470. The third kappa shape index (κ3) is 3.84. The van der Waals surface area contributed by atoms with E-state index >= 15 is 0 Å². The third-order valence-corrected chi connectivity index (χ3v) is 4.43. The minimum atomic E-state index is -3.69. The first-order chi connectivity index (χ1) is 8.90. The maximum Gasteiger partial charge on any atom is 0.238 e. The van der Waals surface area contributed by atoms with E-state index in [1.807, 2.05) is 0 Å². The van der Waals surface area contributed by atoms with Crippen molar-refractivity contribution in [3.8, 4) is 0 Å². The van der Waals surface area contributed by atoms with Crippen molar-refractivity contribution in [3.63, 3.8) is 0 Å². The second-order valence-corrected chi connectivity index (χ2v) is 6.78. The van der Waals surface area contributed by atoms with Crippen LogP contribution in [0, 0.1) is 5.92 Å². The van der Waals surface area contributed by atoms with Crippen molar-refractivity contribution in [3.05, 3.63) is 18.2 Å². The highest BCUT2D eigenvalue weighted by Gasteiger charge is 2.25. The summed E-state index contributed by atoms with van der Waals surface area (Å²) in [5.74, 6) is 0.836. The normalized spacial score (nSPS) is 17.2. The quantitative estimate of drug-likeness (QED) is 0.694. The fourth-order valence-corrected chi connectivity index (χ4v) is 2.70. The number of nitrogens with two attached hydrogens (primary N) is 2. The molecule has 0 spiro atoms. The molecule has 106 valence electrons. The molecule has 2 rings (SSSR count). The van der Waals surface area contributed by atoms with Crippen molar-refractivity contribution in [1.82, 2.24) is 0 Å². The zero-order valence-corrected chi connectivity index (χ0v) is 11.9. The van der Waals surface area contributed by atoms with Crippen molar-refractivity contribution in [2.45, 2.75) is 43.5 Å². The molecule has 0 saturated heterocycles. The zero-order valence-electron chi connectivity index (χ0n) is 11.1. The molecule has 0 aliphatic heterocycles. The van der Waals surface area contributed by atoms with Gasteiger partial charge in [0.15, 0.2) is 0 Å². The summed E-state index contributed by atoms with van der Waals surface area (Å²) in [7, 11) is -3.69. The summed E-state index contributed by atoms with van der Waals surface area (Å²) in [6, 6.07) is 4.96. The lowest BCUT2D eigenvalue weighted by Gasteiger charge is -2.19. The molecule has 6 heteroatoms. The van der Waals surface area contributed by atoms with Crippen molar-refractivity contribution < 1.29 is 8.42 Å². The van der Waals surface area contributed by atoms with Crippen LogP contribution < -0.4 is 16.2 Å². The van der Waals surface area contributed by atoms with Crippen LogP contribution >= 0.6 is 0 Å². The summed E-state index contributed by atoms with van der Waals surface area (Å²) in [6.07, 6.45) is 4.80. The highest BCUT2D eigenvalue weighted by Crippen LogP contribution is 2.35. The second-order valence-electron chi connectivity index (χ2n) is 5.22. The minimum Gasteiger partial charge on any atom is -0.397 e. The molecule has 0 heterocycles. The van der Waals surface area contributed by atoms with E-state index in [1.54, 1.807) is 6.07 Å². The molecule has 1 aliphatic rings. The molecule has 0 amide bonds. The Morgan fingerprint density at radius 1 is 1.42 bits per heavy atom. The molecule has 1 aromatic rings. The van der Waals surface area contributed by atoms with Crippen LogP contribution in [-0.2, 0) is 10.0 Å². The molecule has 19 heavy (non-hydrogen) atoms. The van der Waals surface area contributed by atoms with Gasteiger partial charge >= 0.3 is 0 Å². The van der Waals surface area contributed by atoms with E-state index in [0.29, 0.717) is 11.7 Å². The number of hydrogen-bond donors (Lipinski definition) is 3. The Labute approximate surface area is 114 Å². The molecule has 1 unspecified atom stereocenters. The summed E-state index contributed by atoms with van der Waals surface area (Å²) in [5, 5.41) is 8.46.